The van der Waals surface area contributed by atoms with Crippen LogP contribution in [0.1, 0.15) is 12.5 Å². The van der Waals surface area contributed by atoms with Gasteiger partial charge < -0.3 is 10.6 Å². The molecule has 7 heteroatoms. The number of halogens is 1. The number of hydrogen-bond acceptors (Lipinski definition) is 4. The van der Waals surface area contributed by atoms with Crippen LogP contribution in [0, 0.1) is 5.82 Å². The van der Waals surface area contributed by atoms with Crippen molar-refractivity contribution in [2.75, 3.05) is 13.1 Å². The quantitative estimate of drug-likeness (QED) is 0.655. The van der Waals surface area contributed by atoms with Crippen LogP contribution >= 0.6 is 11.3 Å². The number of thiazole rings is 1. The molecule has 0 unspecified atom stereocenters. The Morgan fingerprint density at radius 3 is 2.54 bits per heavy atom. The Kier molecular flexibility index (Phi) is 5.58. The zero-order valence-electron chi connectivity index (χ0n) is 14.2. The molecule has 2 N–H and O–H groups in total. The van der Waals surface area contributed by atoms with Gasteiger partial charge in [-0.25, -0.2) is 9.37 Å². The minimum Gasteiger partial charge on any atom is -0.355 e. The third kappa shape index (κ3) is 4.64. The number of nitrogens with one attached hydrogen (secondary N) is 2. The normalized spacial score (nSPS) is 10.7. The maximum Gasteiger partial charge on any atom is 0.224 e. The number of carbonyl (C=O) groups excluding carboxylic acids is 2. The Bertz CT molecular complexity index is 938. The van der Waals surface area contributed by atoms with Gasteiger partial charge in [-0.05, 0) is 17.7 Å². The van der Waals surface area contributed by atoms with E-state index in [4.69, 9.17) is 0 Å². The Labute approximate surface area is 154 Å². The smallest absolute Gasteiger partial charge is 0.224 e. The standard InChI is InChI=1S/C19H18FN3O2S/c1-12(24)21-8-9-22-18(25)10-13-2-4-14(5-3-13)19-23-16-11-15(20)6-7-17(16)26-19/h2-7,11H,8-10H2,1H3,(H,21,24)(H,22,25). The number of nitrogens with zero attached hydrogens (tertiary/aromatic N) is 1. The van der Waals surface area contributed by atoms with Gasteiger partial charge in [-0.3, -0.25) is 9.59 Å². The monoisotopic (exact) mass is 371 g/mol. The van der Waals surface area contributed by atoms with Crippen LogP contribution in [0.4, 0.5) is 4.39 Å². The average Bonchev–Trinajstić information content (AvgIpc) is 3.02. The predicted octanol–water partition coefficient (Wildman–Crippen LogP) is 2.90. The maximum atomic E-state index is 13.3. The second kappa shape index (κ2) is 8.05. The third-order valence-electron chi connectivity index (χ3n) is 3.74. The first kappa shape index (κ1) is 18.0. The Morgan fingerprint density at radius 2 is 1.81 bits per heavy atom. The molecule has 1 aromatic heterocycles. The summed E-state index contributed by atoms with van der Waals surface area (Å²) >= 11 is 1.50. The van der Waals surface area contributed by atoms with Crippen LogP contribution in [-0.4, -0.2) is 29.9 Å². The summed E-state index contributed by atoms with van der Waals surface area (Å²) in [5.41, 5.74) is 2.46. The lowest BCUT2D eigenvalue weighted by Crippen LogP contribution is -2.34. The van der Waals surface area contributed by atoms with Crippen molar-refractivity contribution in [2.45, 2.75) is 13.3 Å². The lowest BCUT2D eigenvalue weighted by atomic mass is 10.1. The summed E-state index contributed by atoms with van der Waals surface area (Å²) in [7, 11) is 0. The van der Waals surface area contributed by atoms with Crippen molar-refractivity contribution in [3.63, 3.8) is 0 Å². The number of aromatic nitrogens is 1. The topological polar surface area (TPSA) is 71.1 Å². The predicted molar refractivity (Wildman–Crippen MR) is 100 cm³/mol. The summed E-state index contributed by atoms with van der Waals surface area (Å²) in [6.07, 6.45) is 0.269. The molecule has 3 rings (SSSR count). The molecule has 0 radical (unpaired) electrons. The maximum absolute atomic E-state index is 13.3. The molecular formula is C19H18FN3O2S. The highest BCUT2D eigenvalue weighted by molar-refractivity contribution is 7.21. The first-order chi connectivity index (χ1) is 12.5. The van der Waals surface area contributed by atoms with Gasteiger partial charge in [0, 0.05) is 31.6 Å². The van der Waals surface area contributed by atoms with Gasteiger partial charge in [-0.2, -0.15) is 0 Å². The zero-order valence-corrected chi connectivity index (χ0v) is 15.0. The molecule has 0 aliphatic heterocycles. The summed E-state index contributed by atoms with van der Waals surface area (Å²) in [6.45, 7) is 2.25. The molecule has 26 heavy (non-hydrogen) atoms. The molecular weight excluding hydrogens is 353 g/mol. The number of carbonyl (C=O) groups is 2. The van der Waals surface area contributed by atoms with E-state index in [9.17, 15) is 14.0 Å². The Morgan fingerprint density at radius 1 is 1.08 bits per heavy atom. The summed E-state index contributed by atoms with van der Waals surface area (Å²) in [5.74, 6) is -0.514. The second-order valence-corrected chi connectivity index (χ2v) is 6.87. The van der Waals surface area contributed by atoms with Crippen LogP contribution in [-0.2, 0) is 16.0 Å². The van der Waals surface area contributed by atoms with Crippen LogP contribution in [0.15, 0.2) is 42.5 Å². The van der Waals surface area contributed by atoms with E-state index in [0.717, 1.165) is 20.8 Å². The Hall–Kier alpha value is -2.80. The van der Waals surface area contributed by atoms with Gasteiger partial charge in [0.1, 0.15) is 10.8 Å². The highest BCUT2D eigenvalue weighted by Crippen LogP contribution is 2.30. The van der Waals surface area contributed by atoms with Crippen molar-refractivity contribution in [3.05, 3.63) is 53.8 Å². The highest BCUT2D eigenvalue weighted by atomic mass is 32.1. The molecule has 0 saturated carbocycles. The van der Waals surface area contributed by atoms with Gasteiger partial charge in [0.05, 0.1) is 16.6 Å². The molecule has 0 aliphatic carbocycles. The van der Waals surface area contributed by atoms with E-state index in [0.29, 0.717) is 18.6 Å². The third-order valence-corrected chi connectivity index (χ3v) is 4.82. The summed E-state index contributed by atoms with van der Waals surface area (Å²) < 4.78 is 14.2. The van der Waals surface area contributed by atoms with Gasteiger partial charge in [-0.1, -0.05) is 24.3 Å². The van der Waals surface area contributed by atoms with Crippen molar-refractivity contribution < 1.29 is 14.0 Å². The van der Waals surface area contributed by atoms with Gasteiger partial charge in [-0.15, -0.1) is 11.3 Å². The van der Waals surface area contributed by atoms with Crippen LogP contribution < -0.4 is 10.6 Å². The Balaban J connectivity index is 1.60. The van der Waals surface area contributed by atoms with Crippen LogP contribution in [0.2, 0.25) is 0 Å². The van der Waals surface area contributed by atoms with Crippen molar-refractivity contribution >= 4 is 33.4 Å². The van der Waals surface area contributed by atoms with E-state index in [2.05, 4.69) is 15.6 Å². The summed E-state index contributed by atoms with van der Waals surface area (Å²) in [4.78, 5) is 27.1. The van der Waals surface area contributed by atoms with E-state index in [1.807, 2.05) is 24.3 Å². The fourth-order valence-electron chi connectivity index (χ4n) is 2.48. The molecule has 3 aromatic rings. The molecule has 1 heterocycles. The van der Waals surface area contributed by atoms with Crippen LogP contribution in [0.5, 0.6) is 0 Å². The molecule has 5 nitrogen and oxygen atoms in total. The minimum atomic E-state index is -0.297. The van der Waals surface area contributed by atoms with E-state index < -0.39 is 0 Å². The molecule has 2 amide bonds. The SMILES string of the molecule is CC(=O)NCCNC(=O)Cc1ccc(-c2nc3cc(F)ccc3s2)cc1. The van der Waals surface area contributed by atoms with E-state index in [-0.39, 0.29) is 24.1 Å². The van der Waals surface area contributed by atoms with Gasteiger partial charge >= 0.3 is 0 Å². The number of amides is 2. The number of rotatable bonds is 6. The number of hydrogen-bond donors (Lipinski definition) is 2. The molecule has 0 aliphatic rings. The molecule has 0 atom stereocenters. The fourth-order valence-corrected chi connectivity index (χ4v) is 3.43. The van der Waals surface area contributed by atoms with Crippen molar-refractivity contribution in [3.8, 4) is 10.6 Å². The zero-order chi connectivity index (χ0) is 18.5. The summed E-state index contributed by atoms with van der Waals surface area (Å²) in [5, 5.41) is 6.19. The number of benzene rings is 2. The van der Waals surface area contributed by atoms with Crippen molar-refractivity contribution in [1.29, 1.82) is 0 Å². The fraction of sp³-hybridized carbons (Fsp3) is 0.211. The average molecular weight is 371 g/mol. The van der Waals surface area contributed by atoms with E-state index in [1.165, 1.54) is 30.4 Å². The molecule has 0 saturated heterocycles. The van der Waals surface area contributed by atoms with E-state index >= 15 is 0 Å². The molecule has 2 aromatic carbocycles. The first-order valence-electron chi connectivity index (χ1n) is 8.18. The molecule has 134 valence electrons. The van der Waals surface area contributed by atoms with Crippen molar-refractivity contribution in [2.24, 2.45) is 0 Å². The summed E-state index contributed by atoms with van der Waals surface area (Å²) in [6, 6.07) is 12.2. The molecule has 0 bridgehead atoms. The van der Waals surface area contributed by atoms with Gasteiger partial charge in [0.15, 0.2) is 0 Å². The van der Waals surface area contributed by atoms with Crippen LogP contribution in [0.3, 0.4) is 0 Å². The van der Waals surface area contributed by atoms with E-state index in [1.54, 1.807) is 6.07 Å². The lowest BCUT2D eigenvalue weighted by Gasteiger charge is -2.06. The van der Waals surface area contributed by atoms with Gasteiger partial charge in [0.25, 0.3) is 0 Å². The molecule has 0 spiro atoms. The minimum absolute atomic E-state index is 0.0986. The largest absolute Gasteiger partial charge is 0.355 e. The highest BCUT2D eigenvalue weighted by Gasteiger charge is 2.08. The first-order valence-corrected chi connectivity index (χ1v) is 8.99. The number of fused-ring (bicyclic) bond motifs is 1. The molecule has 0 fully saturated rings. The van der Waals surface area contributed by atoms with Crippen molar-refractivity contribution in [1.82, 2.24) is 15.6 Å². The second-order valence-electron chi connectivity index (χ2n) is 5.84. The van der Waals surface area contributed by atoms with Gasteiger partial charge in [0.2, 0.25) is 11.8 Å². The lowest BCUT2D eigenvalue weighted by molar-refractivity contribution is -0.121. The van der Waals surface area contributed by atoms with Crippen LogP contribution in [0.25, 0.3) is 20.8 Å².